The Kier molecular flexibility index (Phi) is 5.93. The summed E-state index contributed by atoms with van der Waals surface area (Å²) >= 11 is 6.15. The Morgan fingerprint density at radius 3 is 2.63 bits per heavy atom. The Labute approximate surface area is 175 Å². The Morgan fingerprint density at radius 1 is 1.20 bits per heavy atom. The molecule has 0 aromatic heterocycles. The molecule has 2 aromatic rings. The number of anilines is 1. The van der Waals surface area contributed by atoms with E-state index in [2.05, 4.69) is 11.9 Å². The number of non-ortho nitro benzene ring substituents is 1. The number of ether oxygens (including phenoxy) is 1. The number of nitro benzene ring substituents is 1. The monoisotopic (exact) mass is 427 g/mol. The van der Waals surface area contributed by atoms with Crippen molar-refractivity contribution in [2.75, 3.05) is 11.5 Å². The highest BCUT2D eigenvalue weighted by Crippen LogP contribution is 2.28. The Hall–Kier alpha value is -3.98. The molecular formula is C20H14ClN3O6. The molecule has 10 heteroatoms. The Balaban J connectivity index is 1.96. The molecule has 0 unspecified atom stereocenters. The molecule has 1 fully saturated rings. The zero-order valence-corrected chi connectivity index (χ0v) is 16.1. The van der Waals surface area contributed by atoms with E-state index >= 15 is 0 Å². The summed E-state index contributed by atoms with van der Waals surface area (Å²) in [5.41, 5.74) is -0.275. The summed E-state index contributed by atoms with van der Waals surface area (Å²) < 4.78 is 5.37. The van der Waals surface area contributed by atoms with Gasteiger partial charge < -0.3 is 4.74 Å². The maximum Gasteiger partial charge on any atom is 0.335 e. The predicted octanol–water partition coefficient (Wildman–Crippen LogP) is 3.48. The van der Waals surface area contributed by atoms with Gasteiger partial charge in [-0.1, -0.05) is 36.4 Å². The van der Waals surface area contributed by atoms with Crippen LogP contribution in [0.4, 0.5) is 16.2 Å². The molecule has 0 saturated carbocycles. The predicted molar refractivity (Wildman–Crippen MR) is 109 cm³/mol. The van der Waals surface area contributed by atoms with Crippen LogP contribution in [0, 0.1) is 10.1 Å². The van der Waals surface area contributed by atoms with Gasteiger partial charge in [0.25, 0.3) is 17.5 Å². The molecule has 2 aromatic carbocycles. The number of benzene rings is 2. The van der Waals surface area contributed by atoms with Crippen LogP contribution < -0.4 is 15.0 Å². The number of hydrogen-bond donors (Lipinski definition) is 1. The summed E-state index contributed by atoms with van der Waals surface area (Å²) in [4.78, 5) is 48.3. The van der Waals surface area contributed by atoms with Gasteiger partial charge in [-0.15, -0.1) is 0 Å². The number of hydrogen-bond acceptors (Lipinski definition) is 6. The van der Waals surface area contributed by atoms with Crippen LogP contribution in [0.5, 0.6) is 5.75 Å². The van der Waals surface area contributed by atoms with Crippen molar-refractivity contribution in [1.29, 1.82) is 0 Å². The van der Waals surface area contributed by atoms with Crippen molar-refractivity contribution in [2.24, 2.45) is 0 Å². The van der Waals surface area contributed by atoms with E-state index in [0.717, 1.165) is 6.07 Å². The molecule has 1 aliphatic rings. The summed E-state index contributed by atoms with van der Waals surface area (Å²) in [6.07, 6.45) is 2.81. The Morgan fingerprint density at radius 2 is 1.97 bits per heavy atom. The van der Waals surface area contributed by atoms with Crippen molar-refractivity contribution in [3.8, 4) is 5.75 Å². The molecule has 1 heterocycles. The number of rotatable bonds is 6. The van der Waals surface area contributed by atoms with Gasteiger partial charge in [0.1, 0.15) is 17.9 Å². The topological polar surface area (TPSA) is 119 Å². The Bertz CT molecular complexity index is 1110. The highest BCUT2D eigenvalue weighted by molar-refractivity contribution is 6.39. The summed E-state index contributed by atoms with van der Waals surface area (Å²) in [7, 11) is 0. The van der Waals surface area contributed by atoms with Gasteiger partial charge in [-0.05, 0) is 29.8 Å². The lowest BCUT2D eigenvalue weighted by Crippen LogP contribution is -2.54. The van der Waals surface area contributed by atoms with E-state index in [1.165, 1.54) is 30.3 Å². The maximum absolute atomic E-state index is 12.9. The van der Waals surface area contributed by atoms with Gasteiger partial charge in [0, 0.05) is 12.1 Å². The molecule has 0 atom stereocenters. The standard InChI is InChI=1S/C20H14ClN3O6/c1-2-8-30-17-7-6-12(10-16(17)21)9-15-18(25)22-20(27)23(19(15)26)13-4-3-5-14(11-13)24(28)29/h2-7,9-11H,1,8H2,(H,22,25,27)/b15-9+. The van der Waals surface area contributed by atoms with Gasteiger partial charge in [-0.3, -0.25) is 25.0 Å². The summed E-state index contributed by atoms with van der Waals surface area (Å²) in [5.74, 6) is -1.42. The third-order valence-corrected chi connectivity index (χ3v) is 4.32. The number of carbonyl (C=O) groups excluding carboxylic acids is 3. The number of amides is 4. The largest absolute Gasteiger partial charge is 0.488 e. The number of nitrogens with one attached hydrogen (secondary N) is 1. The van der Waals surface area contributed by atoms with E-state index in [4.69, 9.17) is 16.3 Å². The second kappa shape index (κ2) is 8.58. The first kappa shape index (κ1) is 20.7. The highest BCUT2D eigenvalue weighted by Gasteiger charge is 2.37. The molecule has 4 amide bonds. The zero-order valence-electron chi connectivity index (χ0n) is 15.3. The van der Waals surface area contributed by atoms with Gasteiger partial charge in [0.15, 0.2) is 0 Å². The lowest BCUT2D eigenvalue weighted by atomic mass is 10.1. The average molecular weight is 428 g/mol. The van der Waals surface area contributed by atoms with Crippen LogP contribution in [0.3, 0.4) is 0 Å². The number of carbonyl (C=O) groups is 3. The van der Waals surface area contributed by atoms with E-state index in [9.17, 15) is 24.5 Å². The zero-order chi connectivity index (χ0) is 21.8. The molecule has 30 heavy (non-hydrogen) atoms. The molecule has 152 valence electrons. The van der Waals surface area contributed by atoms with Crippen molar-refractivity contribution < 1.29 is 24.0 Å². The van der Waals surface area contributed by atoms with Gasteiger partial charge >= 0.3 is 6.03 Å². The molecule has 1 saturated heterocycles. The van der Waals surface area contributed by atoms with Crippen molar-refractivity contribution in [3.05, 3.63) is 81.4 Å². The lowest BCUT2D eigenvalue weighted by molar-refractivity contribution is -0.384. The SMILES string of the molecule is C=CCOc1ccc(/C=C2\C(=O)NC(=O)N(c3cccc([N+](=O)[O-])c3)C2=O)cc1Cl. The molecule has 9 nitrogen and oxygen atoms in total. The summed E-state index contributed by atoms with van der Waals surface area (Å²) in [6.45, 7) is 3.79. The van der Waals surface area contributed by atoms with Gasteiger partial charge in [0.05, 0.1) is 15.6 Å². The number of urea groups is 1. The first-order valence-electron chi connectivity index (χ1n) is 8.51. The normalized spacial score (nSPS) is 15.2. The molecule has 1 N–H and O–H groups in total. The minimum absolute atomic E-state index is 0.0451. The molecule has 3 rings (SSSR count). The summed E-state index contributed by atoms with van der Waals surface area (Å²) in [6, 6.07) is 8.58. The van der Waals surface area contributed by atoms with E-state index in [1.807, 2.05) is 0 Å². The van der Waals surface area contributed by atoms with Crippen molar-refractivity contribution in [1.82, 2.24) is 5.32 Å². The third-order valence-electron chi connectivity index (χ3n) is 4.02. The van der Waals surface area contributed by atoms with E-state index in [0.29, 0.717) is 16.2 Å². The first-order chi connectivity index (χ1) is 14.3. The number of nitro groups is 1. The van der Waals surface area contributed by atoms with Crippen molar-refractivity contribution in [3.63, 3.8) is 0 Å². The second-order valence-corrected chi connectivity index (χ2v) is 6.43. The van der Waals surface area contributed by atoms with Crippen LogP contribution in [0.1, 0.15) is 5.56 Å². The lowest BCUT2D eigenvalue weighted by Gasteiger charge is -2.26. The van der Waals surface area contributed by atoms with Crippen LogP contribution in [-0.4, -0.2) is 29.4 Å². The summed E-state index contributed by atoms with van der Waals surface area (Å²) in [5, 5.41) is 13.3. The third kappa shape index (κ3) is 4.20. The first-order valence-corrected chi connectivity index (χ1v) is 8.88. The fourth-order valence-corrected chi connectivity index (χ4v) is 2.92. The fraction of sp³-hybridized carbons (Fsp3) is 0.0500. The number of halogens is 1. The molecule has 0 spiro atoms. The van der Waals surface area contributed by atoms with Crippen LogP contribution in [0.2, 0.25) is 5.02 Å². The number of barbiturate groups is 1. The fourth-order valence-electron chi connectivity index (χ4n) is 2.68. The molecule has 0 radical (unpaired) electrons. The van der Waals surface area contributed by atoms with Gasteiger partial charge in [-0.2, -0.15) is 0 Å². The average Bonchev–Trinajstić information content (AvgIpc) is 2.70. The van der Waals surface area contributed by atoms with E-state index in [-0.39, 0.29) is 28.6 Å². The van der Waals surface area contributed by atoms with Crippen molar-refractivity contribution in [2.45, 2.75) is 0 Å². The minimum atomic E-state index is -1.01. The quantitative estimate of drug-likeness (QED) is 0.248. The highest BCUT2D eigenvalue weighted by atomic mass is 35.5. The van der Waals surface area contributed by atoms with Crippen LogP contribution in [0.15, 0.2) is 60.7 Å². The van der Waals surface area contributed by atoms with E-state index < -0.39 is 22.8 Å². The van der Waals surface area contributed by atoms with Crippen LogP contribution >= 0.6 is 11.6 Å². The van der Waals surface area contributed by atoms with E-state index in [1.54, 1.807) is 18.2 Å². The second-order valence-electron chi connectivity index (χ2n) is 6.02. The van der Waals surface area contributed by atoms with Crippen LogP contribution in [-0.2, 0) is 9.59 Å². The minimum Gasteiger partial charge on any atom is -0.488 e. The van der Waals surface area contributed by atoms with Crippen LogP contribution in [0.25, 0.3) is 6.08 Å². The van der Waals surface area contributed by atoms with Gasteiger partial charge in [0.2, 0.25) is 0 Å². The van der Waals surface area contributed by atoms with Crippen molar-refractivity contribution >= 4 is 46.9 Å². The molecule has 1 aliphatic heterocycles. The smallest absolute Gasteiger partial charge is 0.335 e. The molecule has 0 aliphatic carbocycles. The van der Waals surface area contributed by atoms with Gasteiger partial charge in [-0.25, -0.2) is 9.69 Å². The molecule has 0 bridgehead atoms. The molecular weight excluding hydrogens is 414 g/mol. The number of imide groups is 2. The number of nitrogens with zero attached hydrogens (tertiary/aromatic N) is 2. The maximum atomic E-state index is 12.9.